The van der Waals surface area contributed by atoms with Gasteiger partial charge in [0.25, 0.3) is 0 Å². The van der Waals surface area contributed by atoms with Gasteiger partial charge in [0, 0.05) is 16.9 Å². The molecule has 2 rings (SSSR count). The van der Waals surface area contributed by atoms with E-state index in [9.17, 15) is 0 Å². The van der Waals surface area contributed by atoms with Gasteiger partial charge in [-0.25, -0.2) is 0 Å². The second-order valence-electron chi connectivity index (χ2n) is 4.93. The number of nitrogen functional groups attached to an aromatic ring is 2. The highest BCUT2D eigenvalue weighted by atomic mass is 14.6. The van der Waals surface area contributed by atoms with Crippen LogP contribution in [0.15, 0.2) is 24.3 Å². The third kappa shape index (κ3) is 1.84. The summed E-state index contributed by atoms with van der Waals surface area (Å²) >= 11 is 0. The smallest absolute Gasteiger partial charge is 0.0414 e. The minimum atomic E-state index is 0.737. The fourth-order valence-corrected chi connectivity index (χ4v) is 2.37. The lowest BCUT2D eigenvalue weighted by Crippen LogP contribution is -2.00. The Balaban J connectivity index is 2.80. The van der Waals surface area contributed by atoms with E-state index in [1.165, 1.54) is 22.3 Å². The van der Waals surface area contributed by atoms with Crippen LogP contribution in [-0.4, -0.2) is 0 Å². The molecule has 0 fully saturated rings. The van der Waals surface area contributed by atoms with Gasteiger partial charge in [-0.1, -0.05) is 12.1 Å². The first-order valence-corrected chi connectivity index (χ1v) is 6.15. The zero-order valence-electron chi connectivity index (χ0n) is 11.5. The van der Waals surface area contributed by atoms with Gasteiger partial charge in [0.2, 0.25) is 0 Å². The summed E-state index contributed by atoms with van der Waals surface area (Å²) in [7, 11) is 0. The molecule has 0 radical (unpaired) electrons. The average molecular weight is 240 g/mol. The van der Waals surface area contributed by atoms with E-state index in [4.69, 9.17) is 11.5 Å². The maximum Gasteiger partial charge on any atom is 0.0414 e. The van der Waals surface area contributed by atoms with E-state index in [1.807, 2.05) is 18.2 Å². The van der Waals surface area contributed by atoms with Crippen LogP contribution < -0.4 is 11.5 Å². The van der Waals surface area contributed by atoms with Crippen LogP contribution in [0.5, 0.6) is 0 Å². The predicted molar refractivity (Wildman–Crippen MR) is 79.7 cm³/mol. The highest BCUT2D eigenvalue weighted by Crippen LogP contribution is 2.36. The molecule has 0 aromatic heterocycles. The van der Waals surface area contributed by atoms with E-state index in [-0.39, 0.29) is 0 Å². The van der Waals surface area contributed by atoms with Gasteiger partial charge in [-0.15, -0.1) is 0 Å². The Hall–Kier alpha value is -1.96. The molecule has 2 aromatic carbocycles. The quantitative estimate of drug-likeness (QED) is 0.746. The van der Waals surface area contributed by atoms with Crippen LogP contribution in [0.25, 0.3) is 11.1 Å². The minimum Gasteiger partial charge on any atom is -0.398 e. The fraction of sp³-hybridized carbons (Fsp3) is 0.250. The summed E-state index contributed by atoms with van der Waals surface area (Å²) in [4.78, 5) is 0. The maximum atomic E-state index is 6.08. The Kier molecular flexibility index (Phi) is 3.04. The first kappa shape index (κ1) is 12.5. The van der Waals surface area contributed by atoms with Crippen LogP contribution in [0.4, 0.5) is 11.4 Å². The minimum absolute atomic E-state index is 0.737. The molecule has 0 bridgehead atoms. The molecule has 0 saturated carbocycles. The van der Waals surface area contributed by atoms with E-state index in [0.717, 1.165) is 22.5 Å². The van der Waals surface area contributed by atoms with Crippen molar-refractivity contribution in [2.45, 2.75) is 27.7 Å². The van der Waals surface area contributed by atoms with Crippen molar-refractivity contribution in [3.8, 4) is 11.1 Å². The van der Waals surface area contributed by atoms with Gasteiger partial charge in [0.05, 0.1) is 0 Å². The van der Waals surface area contributed by atoms with E-state index >= 15 is 0 Å². The van der Waals surface area contributed by atoms with Crippen LogP contribution >= 0.6 is 0 Å². The molecule has 0 saturated heterocycles. The van der Waals surface area contributed by atoms with Gasteiger partial charge in [-0.05, 0) is 67.6 Å². The number of nitrogens with two attached hydrogens (primary N) is 2. The Morgan fingerprint density at radius 3 is 1.89 bits per heavy atom. The Morgan fingerprint density at radius 1 is 0.778 bits per heavy atom. The fourth-order valence-electron chi connectivity index (χ4n) is 2.37. The van der Waals surface area contributed by atoms with Crippen LogP contribution in [-0.2, 0) is 0 Å². The molecular weight excluding hydrogens is 220 g/mol. The maximum absolute atomic E-state index is 6.08. The van der Waals surface area contributed by atoms with Crippen molar-refractivity contribution in [2.24, 2.45) is 0 Å². The molecule has 2 heteroatoms. The highest BCUT2D eigenvalue weighted by molar-refractivity contribution is 5.88. The van der Waals surface area contributed by atoms with Crippen molar-refractivity contribution in [1.82, 2.24) is 0 Å². The zero-order chi connectivity index (χ0) is 13.4. The average Bonchev–Trinajstić information content (AvgIpc) is 2.32. The lowest BCUT2D eigenvalue weighted by molar-refractivity contribution is 1.22. The van der Waals surface area contributed by atoms with Crippen molar-refractivity contribution in [3.05, 3.63) is 46.5 Å². The molecule has 4 N–H and O–H groups in total. The van der Waals surface area contributed by atoms with Crippen LogP contribution in [0.2, 0.25) is 0 Å². The van der Waals surface area contributed by atoms with Gasteiger partial charge >= 0.3 is 0 Å². The van der Waals surface area contributed by atoms with E-state index in [1.54, 1.807) is 0 Å². The largest absolute Gasteiger partial charge is 0.398 e. The van der Waals surface area contributed by atoms with Gasteiger partial charge in [-0.3, -0.25) is 0 Å². The summed E-state index contributed by atoms with van der Waals surface area (Å²) in [5.41, 5.74) is 20.9. The molecule has 94 valence electrons. The van der Waals surface area contributed by atoms with Gasteiger partial charge in [-0.2, -0.15) is 0 Å². The SMILES string of the molecule is Cc1cc(-c2c(N)cccc2N)c(C)c(C)c1C. The normalized spacial score (nSPS) is 10.7. The summed E-state index contributed by atoms with van der Waals surface area (Å²) in [5.74, 6) is 0. The number of hydrogen-bond donors (Lipinski definition) is 2. The third-order valence-corrected chi connectivity index (χ3v) is 3.88. The van der Waals surface area contributed by atoms with E-state index < -0.39 is 0 Å². The van der Waals surface area contributed by atoms with Gasteiger partial charge < -0.3 is 11.5 Å². The first-order valence-electron chi connectivity index (χ1n) is 6.15. The number of aryl methyl sites for hydroxylation is 1. The number of rotatable bonds is 1. The van der Waals surface area contributed by atoms with Gasteiger partial charge in [0.1, 0.15) is 0 Å². The molecule has 0 unspecified atom stereocenters. The van der Waals surface area contributed by atoms with Crippen molar-refractivity contribution in [3.63, 3.8) is 0 Å². The third-order valence-electron chi connectivity index (χ3n) is 3.88. The molecule has 0 heterocycles. The summed E-state index contributed by atoms with van der Waals surface area (Å²) in [6.45, 7) is 8.55. The molecule has 2 nitrogen and oxygen atoms in total. The van der Waals surface area contributed by atoms with Crippen molar-refractivity contribution in [1.29, 1.82) is 0 Å². The van der Waals surface area contributed by atoms with Crippen LogP contribution in [0.1, 0.15) is 22.3 Å². The molecular formula is C16H20N2. The molecule has 0 amide bonds. The lowest BCUT2D eigenvalue weighted by Gasteiger charge is -2.17. The standard InChI is InChI=1S/C16H20N2/c1-9-8-13(12(4)11(3)10(9)2)16-14(17)6-5-7-15(16)18/h5-8H,17-18H2,1-4H3. The number of hydrogen-bond acceptors (Lipinski definition) is 2. The Morgan fingerprint density at radius 2 is 1.33 bits per heavy atom. The molecule has 18 heavy (non-hydrogen) atoms. The van der Waals surface area contributed by atoms with E-state index in [0.29, 0.717) is 0 Å². The van der Waals surface area contributed by atoms with Crippen molar-refractivity contribution in [2.75, 3.05) is 11.5 Å². The molecule has 0 spiro atoms. The molecule has 0 atom stereocenters. The zero-order valence-corrected chi connectivity index (χ0v) is 11.5. The number of anilines is 2. The summed E-state index contributed by atoms with van der Waals surface area (Å²) in [6, 6.07) is 7.86. The summed E-state index contributed by atoms with van der Waals surface area (Å²) in [5, 5.41) is 0. The van der Waals surface area contributed by atoms with Crippen molar-refractivity contribution >= 4 is 11.4 Å². The lowest BCUT2D eigenvalue weighted by atomic mass is 9.89. The van der Waals surface area contributed by atoms with Crippen LogP contribution in [0, 0.1) is 27.7 Å². The van der Waals surface area contributed by atoms with Crippen molar-refractivity contribution < 1.29 is 0 Å². The number of benzene rings is 2. The second-order valence-corrected chi connectivity index (χ2v) is 4.93. The summed E-state index contributed by atoms with van der Waals surface area (Å²) < 4.78 is 0. The second kappa shape index (κ2) is 4.37. The highest BCUT2D eigenvalue weighted by Gasteiger charge is 2.13. The summed E-state index contributed by atoms with van der Waals surface area (Å²) in [6.07, 6.45) is 0. The van der Waals surface area contributed by atoms with E-state index in [2.05, 4.69) is 33.8 Å². The van der Waals surface area contributed by atoms with Gasteiger partial charge in [0.15, 0.2) is 0 Å². The predicted octanol–water partition coefficient (Wildman–Crippen LogP) is 3.75. The van der Waals surface area contributed by atoms with Crippen LogP contribution in [0.3, 0.4) is 0 Å². The topological polar surface area (TPSA) is 52.0 Å². The Bertz CT molecular complexity index is 593. The molecule has 0 aliphatic heterocycles. The molecule has 2 aromatic rings. The first-order chi connectivity index (χ1) is 8.43. The molecule has 0 aliphatic carbocycles. The molecule has 0 aliphatic rings. The Labute approximate surface area is 109 Å². The monoisotopic (exact) mass is 240 g/mol.